The highest BCUT2D eigenvalue weighted by molar-refractivity contribution is 7.93. The van der Waals surface area contributed by atoms with Gasteiger partial charge in [-0.1, -0.05) is 13.8 Å². The van der Waals surface area contributed by atoms with Crippen LogP contribution in [0.3, 0.4) is 0 Å². The van der Waals surface area contributed by atoms with Crippen molar-refractivity contribution in [3.05, 3.63) is 12.5 Å². The van der Waals surface area contributed by atoms with E-state index >= 15 is 0 Å². The number of nitrogens with zero attached hydrogens (tertiary/aromatic N) is 3. The molecule has 1 amide bonds. The number of amides is 1. The number of carbonyl (C=O) groups is 1. The molecule has 0 atom stereocenters. The largest absolute Gasteiger partial charge is 0.442 e. The Kier molecular flexibility index (Phi) is 5.07. The molecule has 0 saturated carbocycles. The first kappa shape index (κ1) is 18.1. The van der Waals surface area contributed by atoms with Gasteiger partial charge in [0.2, 0.25) is 17.7 Å². The van der Waals surface area contributed by atoms with Gasteiger partial charge in [0.25, 0.3) is 5.89 Å². The number of anilines is 1. The first-order valence-electron chi connectivity index (χ1n) is 7.50. The van der Waals surface area contributed by atoms with E-state index in [1.807, 2.05) is 13.8 Å². The van der Waals surface area contributed by atoms with E-state index in [1.165, 1.54) is 26.3 Å². The Hall–Kier alpha value is -2.23. The van der Waals surface area contributed by atoms with Gasteiger partial charge in [0.15, 0.2) is 9.84 Å². The summed E-state index contributed by atoms with van der Waals surface area (Å²) in [6.45, 7) is 6.62. The van der Waals surface area contributed by atoms with Gasteiger partial charge in [0.1, 0.15) is 11.0 Å². The number of hydrogen-bond donors (Lipinski definition) is 2. The van der Waals surface area contributed by atoms with Crippen molar-refractivity contribution >= 4 is 21.7 Å². The number of H-pyrrole nitrogens is 1. The van der Waals surface area contributed by atoms with Crippen LogP contribution >= 0.6 is 0 Å². The average molecular weight is 355 g/mol. The molecule has 2 N–H and O–H groups in total. The smallest absolute Gasteiger partial charge is 0.264 e. The van der Waals surface area contributed by atoms with E-state index in [4.69, 9.17) is 4.42 Å². The molecule has 24 heavy (non-hydrogen) atoms. The van der Waals surface area contributed by atoms with Crippen molar-refractivity contribution in [3.63, 3.8) is 0 Å². The highest BCUT2D eigenvalue weighted by atomic mass is 32.2. The summed E-state index contributed by atoms with van der Waals surface area (Å²) in [6, 6.07) is 0. The Labute approximate surface area is 140 Å². The molecule has 10 heteroatoms. The van der Waals surface area contributed by atoms with E-state index in [9.17, 15) is 13.2 Å². The van der Waals surface area contributed by atoms with E-state index in [2.05, 4.69) is 25.5 Å². The molecule has 9 nitrogen and oxygen atoms in total. The lowest BCUT2D eigenvalue weighted by molar-refractivity contribution is -0.117. The molecule has 0 saturated heterocycles. The number of hydrogen-bond acceptors (Lipinski definition) is 7. The predicted molar refractivity (Wildman–Crippen MR) is 87.8 cm³/mol. The molecule has 0 aliphatic rings. The van der Waals surface area contributed by atoms with Crippen LogP contribution in [0.25, 0.3) is 11.7 Å². The number of carbonyl (C=O) groups excluding carboxylic acids is 1. The zero-order chi connectivity index (χ0) is 18.0. The molecule has 0 aliphatic heterocycles. The maximum atomic E-state index is 12.4. The van der Waals surface area contributed by atoms with Crippen molar-refractivity contribution in [2.75, 3.05) is 11.1 Å². The third-order valence-electron chi connectivity index (χ3n) is 3.64. The van der Waals surface area contributed by atoms with Crippen molar-refractivity contribution in [2.24, 2.45) is 5.92 Å². The minimum absolute atomic E-state index is 0.0281. The maximum absolute atomic E-state index is 12.4. The van der Waals surface area contributed by atoms with Crippen LogP contribution in [0.5, 0.6) is 0 Å². The van der Waals surface area contributed by atoms with Gasteiger partial charge in [0.05, 0.1) is 11.9 Å². The van der Waals surface area contributed by atoms with Crippen molar-refractivity contribution in [2.45, 2.75) is 38.9 Å². The van der Waals surface area contributed by atoms with Gasteiger partial charge in [0, 0.05) is 0 Å². The van der Waals surface area contributed by atoms with Crippen LogP contribution < -0.4 is 5.32 Å². The Bertz CT molecular complexity index is 793. The number of sulfone groups is 1. The second kappa shape index (κ2) is 6.71. The fourth-order valence-electron chi connectivity index (χ4n) is 1.80. The van der Waals surface area contributed by atoms with Crippen LogP contribution in [-0.4, -0.2) is 45.0 Å². The summed E-state index contributed by atoms with van der Waals surface area (Å²) in [5.74, 6) is -0.0242. The lowest BCUT2D eigenvalue weighted by Gasteiger charge is -2.23. The molecule has 0 aromatic carbocycles. The second-order valence-electron chi connectivity index (χ2n) is 6.33. The van der Waals surface area contributed by atoms with Crippen LogP contribution in [0.1, 0.15) is 34.1 Å². The standard InChI is InChI=1S/C14H21N5O4S/c1-9(2)5-8-24(21,22)14(3,4)12(20)17-13-16-10(18-19-13)11-15-6-7-23-11/h6-7,9H,5,8H2,1-4H3,(H2,16,17,18,19,20). The number of aromatic amines is 1. The summed E-state index contributed by atoms with van der Waals surface area (Å²) in [5.41, 5.74) is 0. The van der Waals surface area contributed by atoms with Crippen molar-refractivity contribution in [3.8, 4) is 11.7 Å². The van der Waals surface area contributed by atoms with Gasteiger partial charge >= 0.3 is 0 Å². The molecule has 0 unspecified atom stereocenters. The highest BCUT2D eigenvalue weighted by Gasteiger charge is 2.41. The molecular weight excluding hydrogens is 334 g/mol. The van der Waals surface area contributed by atoms with Crippen molar-refractivity contribution in [1.29, 1.82) is 0 Å². The fraction of sp³-hybridized carbons (Fsp3) is 0.571. The average Bonchev–Trinajstić information content (AvgIpc) is 3.15. The van der Waals surface area contributed by atoms with E-state index in [1.54, 1.807) is 0 Å². The second-order valence-corrected chi connectivity index (χ2v) is 8.98. The molecule has 0 bridgehead atoms. The summed E-state index contributed by atoms with van der Waals surface area (Å²) in [6.07, 6.45) is 3.32. The molecule has 132 valence electrons. The van der Waals surface area contributed by atoms with Crippen molar-refractivity contribution in [1.82, 2.24) is 20.2 Å². The Balaban J connectivity index is 2.10. The monoisotopic (exact) mass is 355 g/mol. The lowest BCUT2D eigenvalue weighted by atomic mass is 10.2. The zero-order valence-corrected chi connectivity index (χ0v) is 14.8. The van der Waals surface area contributed by atoms with Gasteiger partial charge in [-0.05, 0) is 26.2 Å². The molecule has 2 aromatic rings. The van der Waals surface area contributed by atoms with E-state index in [-0.39, 0.29) is 29.3 Å². The van der Waals surface area contributed by atoms with Gasteiger partial charge in [-0.15, -0.1) is 10.2 Å². The molecular formula is C14H21N5O4S. The summed E-state index contributed by atoms with van der Waals surface area (Å²) >= 11 is 0. The van der Waals surface area contributed by atoms with E-state index < -0.39 is 20.5 Å². The van der Waals surface area contributed by atoms with Gasteiger partial charge in [-0.3, -0.25) is 10.1 Å². The normalized spacial score (nSPS) is 12.5. The third-order valence-corrected chi connectivity index (χ3v) is 6.16. The SMILES string of the molecule is CC(C)CCS(=O)(=O)C(C)(C)C(=O)Nc1nnc(-c2ncco2)[nH]1. The Morgan fingerprint density at radius 3 is 2.67 bits per heavy atom. The minimum atomic E-state index is -3.62. The van der Waals surface area contributed by atoms with Gasteiger partial charge < -0.3 is 9.40 Å². The number of oxazole rings is 1. The first-order chi connectivity index (χ1) is 11.1. The molecule has 0 spiro atoms. The summed E-state index contributed by atoms with van der Waals surface area (Å²) < 4.78 is 28.4. The van der Waals surface area contributed by atoms with Crippen LogP contribution in [0.15, 0.2) is 16.9 Å². The number of rotatable bonds is 7. The first-order valence-corrected chi connectivity index (χ1v) is 9.15. The molecule has 0 radical (unpaired) electrons. The van der Waals surface area contributed by atoms with Crippen molar-refractivity contribution < 1.29 is 17.6 Å². The topological polar surface area (TPSA) is 131 Å². The highest BCUT2D eigenvalue weighted by Crippen LogP contribution is 2.22. The summed E-state index contributed by atoms with van der Waals surface area (Å²) in [4.78, 5) is 19.0. The maximum Gasteiger partial charge on any atom is 0.264 e. The zero-order valence-electron chi connectivity index (χ0n) is 14.0. The number of nitrogens with one attached hydrogen (secondary N) is 2. The summed E-state index contributed by atoms with van der Waals surface area (Å²) in [5, 5.41) is 9.98. The van der Waals surface area contributed by atoms with Crippen LogP contribution in [0.4, 0.5) is 5.95 Å². The quantitative estimate of drug-likeness (QED) is 0.771. The van der Waals surface area contributed by atoms with Crippen LogP contribution in [0.2, 0.25) is 0 Å². The Morgan fingerprint density at radius 1 is 1.38 bits per heavy atom. The molecule has 0 aliphatic carbocycles. The van der Waals surface area contributed by atoms with E-state index in [0.29, 0.717) is 6.42 Å². The molecule has 2 rings (SSSR count). The minimum Gasteiger partial charge on any atom is -0.442 e. The fourth-order valence-corrected chi connectivity index (χ4v) is 3.43. The Morgan fingerprint density at radius 2 is 2.08 bits per heavy atom. The predicted octanol–water partition coefficient (Wildman–Crippen LogP) is 1.64. The number of aromatic nitrogens is 4. The van der Waals surface area contributed by atoms with Crippen LogP contribution in [-0.2, 0) is 14.6 Å². The molecule has 2 aromatic heterocycles. The lowest BCUT2D eigenvalue weighted by Crippen LogP contribution is -2.46. The van der Waals surface area contributed by atoms with Crippen LogP contribution in [0, 0.1) is 5.92 Å². The van der Waals surface area contributed by atoms with Gasteiger partial charge in [-0.25, -0.2) is 13.4 Å². The van der Waals surface area contributed by atoms with E-state index in [0.717, 1.165) is 0 Å². The molecule has 2 heterocycles. The summed E-state index contributed by atoms with van der Waals surface area (Å²) in [7, 11) is -3.62. The third kappa shape index (κ3) is 3.81. The van der Waals surface area contributed by atoms with Gasteiger partial charge in [-0.2, -0.15) is 0 Å². The molecule has 0 fully saturated rings.